The summed E-state index contributed by atoms with van der Waals surface area (Å²) in [5.41, 5.74) is 0. The summed E-state index contributed by atoms with van der Waals surface area (Å²) in [6, 6.07) is 0. The van der Waals surface area contributed by atoms with Crippen LogP contribution in [-0.2, 0) is 0 Å². The molecule has 0 saturated carbocycles. The number of unbranched alkanes of at least 4 members (excludes halogenated alkanes) is 21. The number of aliphatic imine (C=N–C) groups is 1. The molecular formula is C31H64N2S. The third-order valence-electron chi connectivity index (χ3n) is 6.84. The van der Waals surface area contributed by atoms with Gasteiger partial charge in [-0.05, 0) is 31.2 Å². The Labute approximate surface area is 221 Å². The van der Waals surface area contributed by atoms with Crippen molar-refractivity contribution in [2.75, 3.05) is 18.8 Å². The van der Waals surface area contributed by atoms with Crippen LogP contribution in [0.25, 0.3) is 0 Å². The minimum Gasteiger partial charge on any atom is -0.307 e. The first kappa shape index (κ1) is 33.8. The van der Waals surface area contributed by atoms with E-state index in [-0.39, 0.29) is 0 Å². The van der Waals surface area contributed by atoms with Crippen molar-refractivity contribution in [3.8, 4) is 0 Å². The van der Waals surface area contributed by atoms with Crippen LogP contribution >= 0.6 is 11.9 Å². The summed E-state index contributed by atoms with van der Waals surface area (Å²) in [5.74, 6) is 1.26. The molecule has 204 valence electrons. The first-order valence-corrected chi connectivity index (χ1v) is 16.7. The third kappa shape index (κ3) is 28.1. The van der Waals surface area contributed by atoms with Gasteiger partial charge in [0.25, 0.3) is 0 Å². The van der Waals surface area contributed by atoms with Gasteiger partial charge in [-0.1, -0.05) is 156 Å². The van der Waals surface area contributed by atoms with Crippen LogP contribution in [-0.4, -0.2) is 29.5 Å². The summed E-state index contributed by atoms with van der Waals surface area (Å²) < 4.78 is 2.46. The molecule has 0 aliphatic carbocycles. The molecule has 0 saturated heterocycles. The summed E-state index contributed by atoms with van der Waals surface area (Å²) in [4.78, 5) is 4.80. The molecule has 0 aliphatic heterocycles. The highest BCUT2D eigenvalue weighted by atomic mass is 32.2. The van der Waals surface area contributed by atoms with Crippen molar-refractivity contribution in [1.82, 2.24) is 4.31 Å². The summed E-state index contributed by atoms with van der Waals surface area (Å²) in [6.07, 6.45) is 35.7. The molecule has 0 radical (unpaired) electrons. The molecule has 34 heavy (non-hydrogen) atoms. The minimum absolute atomic E-state index is 1.02. The van der Waals surface area contributed by atoms with E-state index in [0.29, 0.717) is 0 Å². The Balaban J connectivity index is 3.95. The number of hydrogen-bond acceptors (Lipinski definition) is 2. The number of nitrogens with zero attached hydrogens (tertiary/aromatic N) is 2. The van der Waals surface area contributed by atoms with Crippen molar-refractivity contribution >= 4 is 18.3 Å². The van der Waals surface area contributed by atoms with Crippen molar-refractivity contribution in [3.05, 3.63) is 0 Å². The largest absolute Gasteiger partial charge is 0.307 e. The molecule has 0 heterocycles. The molecular weight excluding hydrogens is 432 g/mol. The SMILES string of the molecule is CCCCCCCCCCN=CN(CCCCCCCCCC)SCCCCCCCCCC. The second-order valence-electron chi connectivity index (χ2n) is 10.4. The van der Waals surface area contributed by atoms with Crippen LogP contribution in [0.3, 0.4) is 0 Å². The van der Waals surface area contributed by atoms with E-state index in [9.17, 15) is 0 Å². The van der Waals surface area contributed by atoms with Crippen molar-refractivity contribution in [1.29, 1.82) is 0 Å². The lowest BCUT2D eigenvalue weighted by Crippen LogP contribution is -2.16. The maximum atomic E-state index is 4.80. The predicted molar refractivity (Wildman–Crippen MR) is 160 cm³/mol. The monoisotopic (exact) mass is 496 g/mol. The second-order valence-corrected chi connectivity index (χ2v) is 11.6. The quantitative estimate of drug-likeness (QED) is 0.0442. The Bertz CT molecular complexity index is 386. The zero-order valence-corrected chi connectivity index (χ0v) is 24.8. The summed E-state index contributed by atoms with van der Waals surface area (Å²) >= 11 is 2.03. The molecule has 0 fully saturated rings. The molecule has 3 heteroatoms. The summed E-state index contributed by atoms with van der Waals surface area (Å²) in [7, 11) is 0. The van der Waals surface area contributed by atoms with E-state index < -0.39 is 0 Å². The first-order chi connectivity index (χ1) is 16.8. The van der Waals surface area contributed by atoms with Crippen molar-refractivity contribution < 1.29 is 0 Å². The molecule has 0 bridgehead atoms. The van der Waals surface area contributed by atoms with Crippen LogP contribution in [0.1, 0.15) is 175 Å². The van der Waals surface area contributed by atoms with Gasteiger partial charge in [-0.3, -0.25) is 4.99 Å². The normalized spacial score (nSPS) is 11.6. The van der Waals surface area contributed by atoms with Crippen LogP contribution in [0.4, 0.5) is 0 Å². The average molecular weight is 497 g/mol. The standard InChI is InChI=1S/C31H64N2S/c1-4-7-10-13-16-19-22-25-28-32-31-33(29-26-23-20-17-14-11-8-5-2)34-30-27-24-21-18-15-12-9-6-3/h31H,4-30H2,1-3H3. The molecule has 2 nitrogen and oxygen atoms in total. The molecule has 0 aromatic heterocycles. The maximum absolute atomic E-state index is 4.80. The van der Waals surface area contributed by atoms with Gasteiger partial charge in [-0.15, -0.1) is 0 Å². The van der Waals surface area contributed by atoms with Gasteiger partial charge in [-0.25, -0.2) is 0 Å². The molecule has 0 unspecified atom stereocenters. The van der Waals surface area contributed by atoms with Crippen LogP contribution < -0.4 is 0 Å². The molecule has 0 spiro atoms. The Hall–Kier alpha value is -0.180. The highest BCUT2D eigenvalue weighted by Gasteiger charge is 2.02. The minimum atomic E-state index is 1.02. The van der Waals surface area contributed by atoms with Crippen molar-refractivity contribution in [2.45, 2.75) is 175 Å². The van der Waals surface area contributed by atoms with Gasteiger partial charge in [0, 0.05) is 18.8 Å². The molecule has 0 amide bonds. The van der Waals surface area contributed by atoms with E-state index in [4.69, 9.17) is 4.99 Å². The van der Waals surface area contributed by atoms with Gasteiger partial charge >= 0.3 is 0 Å². The Kier molecular flexibility index (Phi) is 30.7. The molecule has 0 aliphatic rings. The van der Waals surface area contributed by atoms with E-state index in [0.717, 1.165) is 6.54 Å². The lowest BCUT2D eigenvalue weighted by atomic mass is 10.1. The number of hydrogen-bond donors (Lipinski definition) is 0. The van der Waals surface area contributed by atoms with Crippen molar-refractivity contribution in [2.24, 2.45) is 4.99 Å². The molecule has 0 rings (SSSR count). The first-order valence-electron chi connectivity index (χ1n) is 15.7. The van der Waals surface area contributed by atoms with Gasteiger partial charge in [0.05, 0.1) is 6.34 Å². The van der Waals surface area contributed by atoms with Gasteiger partial charge in [-0.2, -0.15) is 0 Å². The Morgan fingerprint density at radius 2 is 0.853 bits per heavy atom. The van der Waals surface area contributed by atoms with E-state index in [1.165, 1.54) is 166 Å². The Morgan fingerprint density at radius 3 is 1.32 bits per heavy atom. The summed E-state index contributed by atoms with van der Waals surface area (Å²) in [5, 5.41) is 0. The fourth-order valence-corrected chi connectivity index (χ4v) is 5.42. The van der Waals surface area contributed by atoms with Crippen LogP contribution in [0.15, 0.2) is 4.99 Å². The number of rotatable bonds is 29. The average Bonchev–Trinajstić information content (AvgIpc) is 2.85. The predicted octanol–water partition coefficient (Wildman–Crippen LogP) is 11.4. The van der Waals surface area contributed by atoms with Gasteiger partial charge < -0.3 is 4.31 Å². The van der Waals surface area contributed by atoms with E-state index in [1.54, 1.807) is 0 Å². The van der Waals surface area contributed by atoms with Crippen molar-refractivity contribution in [3.63, 3.8) is 0 Å². The topological polar surface area (TPSA) is 15.6 Å². The third-order valence-corrected chi connectivity index (χ3v) is 7.92. The fourth-order valence-electron chi connectivity index (χ4n) is 4.46. The van der Waals surface area contributed by atoms with Crippen LogP contribution in [0, 0.1) is 0 Å². The molecule has 0 aromatic carbocycles. The molecule has 0 aromatic rings. The lowest BCUT2D eigenvalue weighted by molar-refractivity contribution is 0.544. The maximum Gasteiger partial charge on any atom is 0.0949 e. The van der Waals surface area contributed by atoms with Crippen LogP contribution in [0.2, 0.25) is 0 Å². The summed E-state index contributed by atoms with van der Waals surface area (Å²) in [6.45, 7) is 9.09. The fraction of sp³-hybridized carbons (Fsp3) is 0.968. The van der Waals surface area contributed by atoms with Gasteiger partial charge in [0.1, 0.15) is 0 Å². The lowest BCUT2D eigenvalue weighted by Gasteiger charge is -2.18. The second kappa shape index (κ2) is 30.9. The van der Waals surface area contributed by atoms with Crippen LogP contribution in [0.5, 0.6) is 0 Å². The zero-order chi connectivity index (χ0) is 24.8. The highest BCUT2D eigenvalue weighted by molar-refractivity contribution is 7.97. The Morgan fingerprint density at radius 1 is 0.471 bits per heavy atom. The van der Waals surface area contributed by atoms with Gasteiger partial charge in [0.2, 0.25) is 0 Å². The van der Waals surface area contributed by atoms with E-state index in [2.05, 4.69) is 31.4 Å². The highest BCUT2D eigenvalue weighted by Crippen LogP contribution is 2.16. The zero-order valence-electron chi connectivity index (χ0n) is 24.0. The van der Waals surface area contributed by atoms with Gasteiger partial charge in [0.15, 0.2) is 0 Å². The molecule has 0 N–H and O–H groups in total. The smallest absolute Gasteiger partial charge is 0.0949 e. The molecule has 0 atom stereocenters. The van der Waals surface area contributed by atoms with E-state index >= 15 is 0 Å². The van der Waals surface area contributed by atoms with E-state index in [1.807, 2.05) is 11.9 Å².